The molecule has 0 saturated heterocycles. The fourth-order valence-corrected chi connectivity index (χ4v) is 3.11. The number of amidine groups is 1. The molecule has 26 heavy (non-hydrogen) atoms. The number of pyridine rings is 1. The molecule has 2 N–H and O–H groups in total. The summed E-state index contributed by atoms with van der Waals surface area (Å²) in [5.74, 6) is 1.25. The molecule has 0 aliphatic carbocycles. The van der Waals surface area contributed by atoms with Crippen LogP contribution in [0.15, 0.2) is 59.2 Å². The van der Waals surface area contributed by atoms with Crippen molar-refractivity contribution in [2.75, 3.05) is 0 Å². The molecule has 134 valence electrons. The fraction of sp³-hybridized carbons (Fsp3) is 0.211. The van der Waals surface area contributed by atoms with Crippen LogP contribution in [0.5, 0.6) is 11.6 Å². The van der Waals surface area contributed by atoms with Gasteiger partial charge in [-0.3, -0.25) is 0 Å². The summed E-state index contributed by atoms with van der Waals surface area (Å²) in [6, 6.07) is 12.9. The summed E-state index contributed by atoms with van der Waals surface area (Å²) in [5, 5.41) is 7.07. The third kappa shape index (κ3) is 4.80. The van der Waals surface area contributed by atoms with E-state index in [1.807, 2.05) is 35.7 Å². The van der Waals surface area contributed by atoms with Crippen molar-refractivity contribution in [3.63, 3.8) is 0 Å². The predicted octanol–water partition coefficient (Wildman–Crippen LogP) is 4.12. The molecule has 3 aromatic rings. The van der Waals surface area contributed by atoms with Crippen LogP contribution in [0.25, 0.3) is 0 Å². The molecule has 0 fully saturated rings. The van der Waals surface area contributed by atoms with Crippen molar-refractivity contribution in [1.29, 1.82) is 0 Å². The Bertz CT molecular complexity index is 865. The van der Waals surface area contributed by atoms with Gasteiger partial charge >= 0.3 is 0 Å². The average molecular weight is 368 g/mol. The van der Waals surface area contributed by atoms with Crippen LogP contribution in [0, 0.1) is 0 Å². The van der Waals surface area contributed by atoms with E-state index in [0.717, 1.165) is 23.5 Å². The van der Waals surface area contributed by atoms with Gasteiger partial charge in [0, 0.05) is 11.6 Å². The highest BCUT2D eigenvalue weighted by atomic mass is 32.1. The van der Waals surface area contributed by atoms with Crippen LogP contribution >= 0.6 is 11.3 Å². The van der Waals surface area contributed by atoms with E-state index in [9.17, 15) is 0 Å². The molecule has 0 bridgehead atoms. The van der Waals surface area contributed by atoms with E-state index in [4.69, 9.17) is 15.3 Å². The Labute approximate surface area is 156 Å². The summed E-state index contributed by atoms with van der Waals surface area (Å²) in [6.45, 7) is 2.40. The number of aryl methyl sites for hydroxylation is 1. The number of benzene rings is 1. The molecular formula is C19H20N4O2S. The summed E-state index contributed by atoms with van der Waals surface area (Å²) in [6.07, 6.45) is 3.69. The van der Waals surface area contributed by atoms with Crippen molar-refractivity contribution in [2.24, 2.45) is 10.9 Å². The quantitative estimate of drug-likeness (QED) is 0.367. The van der Waals surface area contributed by atoms with Crippen molar-refractivity contribution in [1.82, 2.24) is 9.97 Å². The number of para-hydroxylation sites is 1. The molecule has 6 nitrogen and oxygen atoms in total. The zero-order valence-electron chi connectivity index (χ0n) is 14.5. The molecule has 0 saturated carbocycles. The second-order valence-corrected chi connectivity index (χ2v) is 6.45. The molecule has 0 unspecified atom stereocenters. The van der Waals surface area contributed by atoms with Crippen molar-refractivity contribution in [2.45, 2.75) is 26.4 Å². The maximum absolute atomic E-state index is 6.05. The molecule has 2 heterocycles. The first-order chi connectivity index (χ1) is 12.8. The second kappa shape index (κ2) is 8.96. The van der Waals surface area contributed by atoms with Gasteiger partial charge < -0.3 is 15.3 Å². The number of nitrogens with two attached hydrogens (primary N) is 1. The Morgan fingerprint density at radius 2 is 2.04 bits per heavy atom. The molecule has 0 aliphatic heterocycles. The Hall–Kier alpha value is -2.93. The van der Waals surface area contributed by atoms with Gasteiger partial charge in [0.2, 0.25) is 5.88 Å². The maximum atomic E-state index is 6.05. The molecule has 0 spiro atoms. The third-order valence-electron chi connectivity index (χ3n) is 3.44. The summed E-state index contributed by atoms with van der Waals surface area (Å²) < 4.78 is 5.79. The van der Waals surface area contributed by atoms with Crippen molar-refractivity contribution in [3.05, 3.63) is 70.3 Å². The van der Waals surface area contributed by atoms with Crippen molar-refractivity contribution in [3.8, 4) is 11.6 Å². The topological polar surface area (TPSA) is 82.6 Å². The molecule has 0 radical (unpaired) electrons. The lowest BCUT2D eigenvalue weighted by molar-refractivity contribution is 0.128. The lowest BCUT2D eigenvalue weighted by Crippen LogP contribution is -2.15. The van der Waals surface area contributed by atoms with Gasteiger partial charge in [0.05, 0.1) is 16.3 Å². The van der Waals surface area contributed by atoms with Gasteiger partial charge in [-0.25, -0.2) is 9.97 Å². The summed E-state index contributed by atoms with van der Waals surface area (Å²) in [4.78, 5) is 14.1. The molecule has 0 aliphatic rings. The van der Waals surface area contributed by atoms with Crippen molar-refractivity contribution < 1.29 is 9.57 Å². The lowest BCUT2D eigenvalue weighted by Gasteiger charge is -2.09. The lowest BCUT2D eigenvalue weighted by atomic mass is 10.2. The van der Waals surface area contributed by atoms with E-state index in [0.29, 0.717) is 17.2 Å². The monoisotopic (exact) mass is 368 g/mol. The van der Waals surface area contributed by atoms with Gasteiger partial charge in [0.25, 0.3) is 0 Å². The van der Waals surface area contributed by atoms with E-state index in [1.165, 1.54) is 0 Å². The zero-order chi connectivity index (χ0) is 18.2. The number of thiazole rings is 1. The normalized spacial score (nSPS) is 11.3. The Balaban J connectivity index is 1.66. The minimum Gasteiger partial charge on any atom is -0.438 e. The predicted molar refractivity (Wildman–Crippen MR) is 102 cm³/mol. The number of nitrogens with zero attached hydrogens (tertiary/aromatic N) is 3. The molecule has 7 heteroatoms. The van der Waals surface area contributed by atoms with Crippen molar-refractivity contribution >= 4 is 17.2 Å². The smallest absolute Gasteiger partial charge is 0.230 e. The average Bonchev–Trinajstić information content (AvgIpc) is 3.11. The van der Waals surface area contributed by atoms with Gasteiger partial charge in [-0.15, -0.1) is 11.3 Å². The molecule has 0 atom stereocenters. The SMILES string of the molecule is CCCc1nc(CO/N=C(/N)c2cccnc2Oc2ccccc2)cs1. The van der Waals surface area contributed by atoms with Crippen LogP contribution in [0.4, 0.5) is 0 Å². The molecule has 2 aromatic heterocycles. The van der Waals surface area contributed by atoms with Gasteiger partial charge in [-0.2, -0.15) is 0 Å². The van der Waals surface area contributed by atoms with Crippen LogP contribution in [0.2, 0.25) is 0 Å². The van der Waals surface area contributed by atoms with Gasteiger partial charge in [-0.1, -0.05) is 30.3 Å². The van der Waals surface area contributed by atoms with Crippen LogP contribution in [-0.2, 0) is 17.9 Å². The minimum atomic E-state index is 0.202. The van der Waals surface area contributed by atoms with Gasteiger partial charge in [0.1, 0.15) is 5.75 Å². The van der Waals surface area contributed by atoms with Crippen LogP contribution in [0.1, 0.15) is 29.6 Å². The van der Waals surface area contributed by atoms with E-state index in [2.05, 4.69) is 22.0 Å². The molecule has 3 rings (SSSR count). The Morgan fingerprint density at radius 3 is 2.85 bits per heavy atom. The molecule has 0 amide bonds. The number of aromatic nitrogens is 2. The summed E-state index contributed by atoms with van der Waals surface area (Å²) >= 11 is 1.63. The first-order valence-electron chi connectivity index (χ1n) is 8.33. The third-order valence-corrected chi connectivity index (χ3v) is 4.40. The highest BCUT2D eigenvalue weighted by molar-refractivity contribution is 7.09. The number of ether oxygens (including phenoxy) is 1. The Kier molecular flexibility index (Phi) is 6.16. The summed E-state index contributed by atoms with van der Waals surface area (Å²) in [5.41, 5.74) is 7.47. The van der Waals surface area contributed by atoms with E-state index in [1.54, 1.807) is 29.7 Å². The largest absolute Gasteiger partial charge is 0.438 e. The highest BCUT2D eigenvalue weighted by Gasteiger charge is 2.11. The van der Waals surface area contributed by atoms with Crippen LogP contribution in [0.3, 0.4) is 0 Å². The number of rotatable bonds is 8. The first kappa shape index (κ1) is 17.9. The zero-order valence-corrected chi connectivity index (χ0v) is 15.3. The highest BCUT2D eigenvalue weighted by Crippen LogP contribution is 2.22. The maximum Gasteiger partial charge on any atom is 0.230 e. The number of oxime groups is 1. The second-order valence-electron chi connectivity index (χ2n) is 5.50. The van der Waals surface area contributed by atoms with E-state index < -0.39 is 0 Å². The first-order valence-corrected chi connectivity index (χ1v) is 9.21. The van der Waals surface area contributed by atoms with Gasteiger partial charge in [0.15, 0.2) is 12.4 Å². The standard InChI is InChI=1S/C19H20N4O2S/c1-2-7-17-22-14(13-26-17)12-24-23-18(20)16-10-6-11-21-19(16)25-15-8-4-3-5-9-15/h3-6,8-11,13H,2,7,12H2,1H3,(H2,20,23). The summed E-state index contributed by atoms with van der Waals surface area (Å²) in [7, 11) is 0. The van der Waals surface area contributed by atoms with Crippen LogP contribution in [-0.4, -0.2) is 15.8 Å². The fourth-order valence-electron chi connectivity index (χ4n) is 2.23. The van der Waals surface area contributed by atoms with Crippen LogP contribution < -0.4 is 10.5 Å². The minimum absolute atomic E-state index is 0.202. The van der Waals surface area contributed by atoms with Gasteiger partial charge in [-0.05, 0) is 37.1 Å². The van der Waals surface area contributed by atoms with E-state index in [-0.39, 0.29) is 12.4 Å². The van der Waals surface area contributed by atoms with E-state index >= 15 is 0 Å². The number of hydrogen-bond donors (Lipinski definition) is 1. The Morgan fingerprint density at radius 1 is 1.19 bits per heavy atom. The molecular weight excluding hydrogens is 348 g/mol. The number of hydrogen-bond acceptors (Lipinski definition) is 6. The molecule has 1 aromatic carbocycles.